The van der Waals surface area contributed by atoms with Crippen molar-refractivity contribution in [2.45, 2.75) is 46.1 Å². The average Bonchev–Trinajstić information content (AvgIpc) is 2.37. The normalized spacial score (nSPS) is 12.5. The van der Waals surface area contributed by atoms with Crippen LogP contribution in [0, 0.1) is 5.92 Å². The molecule has 0 bridgehead atoms. The van der Waals surface area contributed by atoms with Gasteiger partial charge in [-0.25, -0.2) is 14.8 Å². The molecule has 1 atom stereocenters. The minimum atomic E-state index is -1.08. The molecule has 0 fully saturated rings. The molecule has 1 heterocycles. The van der Waals surface area contributed by atoms with E-state index < -0.39 is 17.9 Å². The van der Waals surface area contributed by atoms with Crippen LogP contribution in [0.2, 0.25) is 5.02 Å². The van der Waals surface area contributed by atoms with E-state index in [1.807, 2.05) is 27.7 Å². The number of carboxylic acid groups (broad SMARTS) is 1. The molecule has 0 aliphatic carbocycles. The van der Waals surface area contributed by atoms with Gasteiger partial charge >= 0.3 is 5.97 Å². The van der Waals surface area contributed by atoms with Crippen LogP contribution in [-0.4, -0.2) is 33.0 Å². The molecule has 116 valence electrons. The Balaban J connectivity index is 2.97. The highest BCUT2D eigenvalue weighted by molar-refractivity contribution is 6.33. The molecular formula is C14H20ClN3O3. The average molecular weight is 314 g/mol. The van der Waals surface area contributed by atoms with Crippen molar-refractivity contribution < 1.29 is 14.7 Å². The van der Waals surface area contributed by atoms with Gasteiger partial charge in [0.2, 0.25) is 0 Å². The molecule has 0 spiro atoms. The Labute approximate surface area is 128 Å². The van der Waals surface area contributed by atoms with Crippen LogP contribution in [0.3, 0.4) is 0 Å². The van der Waals surface area contributed by atoms with Crippen LogP contribution in [0.25, 0.3) is 0 Å². The van der Waals surface area contributed by atoms with Crippen molar-refractivity contribution in [1.82, 2.24) is 15.3 Å². The fourth-order valence-electron chi connectivity index (χ4n) is 1.74. The zero-order chi connectivity index (χ0) is 16.2. The van der Waals surface area contributed by atoms with E-state index in [4.69, 9.17) is 16.7 Å². The van der Waals surface area contributed by atoms with Gasteiger partial charge in [0.15, 0.2) is 0 Å². The monoisotopic (exact) mass is 313 g/mol. The lowest BCUT2D eigenvalue weighted by atomic mass is 10.0. The number of carboxylic acids is 1. The molecule has 0 aliphatic heterocycles. The van der Waals surface area contributed by atoms with Gasteiger partial charge in [-0.3, -0.25) is 4.79 Å². The molecular weight excluding hydrogens is 294 g/mol. The third-order valence-electron chi connectivity index (χ3n) is 2.80. The second-order valence-corrected chi connectivity index (χ2v) is 5.98. The van der Waals surface area contributed by atoms with E-state index in [0.29, 0.717) is 12.2 Å². The maximum absolute atomic E-state index is 12.2. The molecule has 2 N–H and O–H groups in total. The molecule has 0 radical (unpaired) electrons. The Morgan fingerprint density at radius 3 is 2.43 bits per heavy atom. The summed E-state index contributed by atoms with van der Waals surface area (Å²) in [4.78, 5) is 31.5. The third-order valence-corrected chi connectivity index (χ3v) is 3.08. The van der Waals surface area contributed by atoms with Gasteiger partial charge in [0, 0.05) is 5.92 Å². The largest absolute Gasteiger partial charge is 0.480 e. The molecule has 1 rings (SSSR count). The SMILES string of the molecule is CC(C)C[C@@H](NC(=O)c1nc(C(C)C)ncc1Cl)C(=O)O. The minimum Gasteiger partial charge on any atom is -0.480 e. The van der Waals surface area contributed by atoms with Crippen molar-refractivity contribution in [3.8, 4) is 0 Å². The Hall–Kier alpha value is -1.69. The summed E-state index contributed by atoms with van der Waals surface area (Å²) in [5, 5.41) is 11.7. The van der Waals surface area contributed by atoms with Crippen molar-refractivity contribution in [1.29, 1.82) is 0 Å². The van der Waals surface area contributed by atoms with Crippen LogP contribution in [0.4, 0.5) is 0 Å². The highest BCUT2D eigenvalue weighted by atomic mass is 35.5. The molecule has 0 saturated carbocycles. The van der Waals surface area contributed by atoms with Gasteiger partial charge in [-0.1, -0.05) is 39.3 Å². The fraction of sp³-hybridized carbons (Fsp3) is 0.571. The standard InChI is InChI=1S/C14H20ClN3O3/c1-7(2)5-10(14(20)21)17-13(19)11-9(15)6-16-12(18-11)8(3)4/h6-8,10H,5H2,1-4H3,(H,17,19)(H,20,21)/t10-/m1/s1. The van der Waals surface area contributed by atoms with Gasteiger partial charge < -0.3 is 10.4 Å². The van der Waals surface area contributed by atoms with Gasteiger partial charge in [0.05, 0.1) is 11.2 Å². The maximum Gasteiger partial charge on any atom is 0.326 e. The van der Waals surface area contributed by atoms with Crippen molar-refractivity contribution in [2.24, 2.45) is 5.92 Å². The number of halogens is 1. The summed E-state index contributed by atoms with van der Waals surface area (Å²) in [5.74, 6) is -1.01. The van der Waals surface area contributed by atoms with E-state index in [0.717, 1.165) is 0 Å². The lowest BCUT2D eigenvalue weighted by Gasteiger charge is -2.16. The van der Waals surface area contributed by atoms with E-state index in [2.05, 4.69) is 15.3 Å². The van der Waals surface area contributed by atoms with Gasteiger partial charge in [-0.05, 0) is 12.3 Å². The summed E-state index contributed by atoms with van der Waals surface area (Å²) in [5.41, 5.74) is 0.00497. The summed E-state index contributed by atoms with van der Waals surface area (Å²) in [6.45, 7) is 7.56. The maximum atomic E-state index is 12.2. The summed E-state index contributed by atoms with van der Waals surface area (Å²) in [7, 11) is 0. The number of rotatable bonds is 6. The molecule has 21 heavy (non-hydrogen) atoms. The van der Waals surface area contributed by atoms with Gasteiger partial charge in [0.25, 0.3) is 5.91 Å². The number of carbonyl (C=O) groups excluding carboxylic acids is 1. The van der Waals surface area contributed by atoms with Crippen molar-refractivity contribution >= 4 is 23.5 Å². The lowest BCUT2D eigenvalue weighted by Crippen LogP contribution is -2.42. The van der Waals surface area contributed by atoms with Gasteiger partial charge in [-0.15, -0.1) is 0 Å². The van der Waals surface area contributed by atoms with E-state index in [1.54, 1.807) is 0 Å². The Bertz CT molecular complexity index is 532. The topological polar surface area (TPSA) is 92.2 Å². The van der Waals surface area contributed by atoms with Crippen LogP contribution >= 0.6 is 11.6 Å². The number of aliphatic carboxylic acids is 1. The van der Waals surface area contributed by atoms with Crippen LogP contribution in [0.1, 0.15) is 56.3 Å². The number of hydrogen-bond acceptors (Lipinski definition) is 4. The van der Waals surface area contributed by atoms with E-state index in [9.17, 15) is 9.59 Å². The van der Waals surface area contributed by atoms with Crippen molar-refractivity contribution in [3.05, 3.63) is 22.7 Å². The fourth-order valence-corrected chi connectivity index (χ4v) is 1.91. The molecule has 1 aromatic rings. The van der Waals surface area contributed by atoms with Crippen LogP contribution in [0.5, 0.6) is 0 Å². The Morgan fingerprint density at radius 2 is 1.95 bits per heavy atom. The predicted molar refractivity (Wildman–Crippen MR) is 79.5 cm³/mol. The highest BCUT2D eigenvalue weighted by Gasteiger charge is 2.24. The summed E-state index contributed by atoms with van der Waals surface area (Å²) in [6.07, 6.45) is 1.69. The number of aromatic nitrogens is 2. The first-order chi connectivity index (χ1) is 9.72. The second-order valence-electron chi connectivity index (χ2n) is 5.57. The molecule has 0 aromatic carbocycles. The van der Waals surface area contributed by atoms with E-state index >= 15 is 0 Å². The van der Waals surface area contributed by atoms with Gasteiger partial charge in [0.1, 0.15) is 17.6 Å². The highest BCUT2D eigenvalue weighted by Crippen LogP contribution is 2.17. The molecule has 0 saturated heterocycles. The van der Waals surface area contributed by atoms with E-state index in [1.165, 1.54) is 6.20 Å². The number of carbonyl (C=O) groups is 2. The predicted octanol–water partition coefficient (Wildman–Crippen LogP) is 2.48. The van der Waals surface area contributed by atoms with Crippen molar-refractivity contribution in [2.75, 3.05) is 0 Å². The zero-order valence-corrected chi connectivity index (χ0v) is 13.3. The third kappa shape index (κ3) is 4.97. The van der Waals surface area contributed by atoms with E-state index in [-0.39, 0.29) is 22.6 Å². The smallest absolute Gasteiger partial charge is 0.326 e. The molecule has 7 heteroatoms. The zero-order valence-electron chi connectivity index (χ0n) is 12.6. The number of nitrogens with one attached hydrogen (secondary N) is 1. The summed E-state index contributed by atoms with van der Waals surface area (Å²) in [6, 6.07) is -0.967. The molecule has 1 aromatic heterocycles. The molecule has 0 unspecified atom stereocenters. The number of amides is 1. The summed E-state index contributed by atoms with van der Waals surface area (Å²) >= 11 is 5.93. The minimum absolute atomic E-state index is 0.00497. The van der Waals surface area contributed by atoms with Gasteiger partial charge in [-0.2, -0.15) is 0 Å². The summed E-state index contributed by atoms with van der Waals surface area (Å²) < 4.78 is 0. The quantitative estimate of drug-likeness (QED) is 0.841. The first kappa shape index (κ1) is 17.4. The second kappa shape index (κ2) is 7.36. The Kier molecular flexibility index (Phi) is 6.08. The molecule has 6 nitrogen and oxygen atoms in total. The Morgan fingerprint density at radius 1 is 1.33 bits per heavy atom. The van der Waals surface area contributed by atoms with Crippen molar-refractivity contribution in [3.63, 3.8) is 0 Å². The molecule has 0 aliphatic rings. The number of nitrogens with zero attached hydrogens (tertiary/aromatic N) is 2. The van der Waals surface area contributed by atoms with Crippen LogP contribution in [-0.2, 0) is 4.79 Å². The lowest BCUT2D eigenvalue weighted by molar-refractivity contribution is -0.139. The molecule has 1 amide bonds. The van der Waals surface area contributed by atoms with Crippen LogP contribution < -0.4 is 5.32 Å². The van der Waals surface area contributed by atoms with Crippen LogP contribution in [0.15, 0.2) is 6.20 Å². The first-order valence-electron chi connectivity index (χ1n) is 6.78. The first-order valence-corrected chi connectivity index (χ1v) is 7.16. The number of hydrogen-bond donors (Lipinski definition) is 2.